The van der Waals surface area contributed by atoms with Crippen molar-refractivity contribution >= 4 is 12.4 Å². The highest BCUT2D eigenvalue weighted by molar-refractivity contribution is 5.85. The average molecular weight is 210 g/mol. The van der Waals surface area contributed by atoms with Gasteiger partial charge in [0.05, 0.1) is 0 Å². The van der Waals surface area contributed by atoms with Crippen molar-refractivity contribution in [2.75, 3.05) is 33.4 Å². The van der Waals surface area contributed by atoms with E-state index >= 15 is 0 Å². The van der Waals surface area contributed by atoms with Crippen molar-refractivity contribution in [3.8, 4) is 0 Å². The third kappa shape index (κ3) is 3.81. The van der Waals surface area contributed by atoms with Crippen molar-refractivity contribution in [1.82, 2.24) is 5.32 Å². The smallest absolute Gasteiger partial charge is 0.0500 e. The second kappa shape index (κ2) is 6.60. The Morgan fingerprint density at radius 1 is 1.54 bits per heavy atom. The van der Waals surface area contributed by atoms with Gasteiger partial charge in [-0.1, -0.05) is 0 Å². The fraction of sp³-hybridized carbons (Fsp3) is 1.00. The van der Waals surface area contributed by atoms with E-state index < -0.39 is 0 Å². The topological polar surface area (TPSA) is 41.5 Å². The Kier molecular flexibility index (Phi) is 6.68. The van der Waals surface area contributed by atoms with Gasteiger partial charge in [0.2, 0.25) is 0 Å². The zero-order valence-corrected chi connectivity index (χ0v) is 9.03. The molecule has 1 atom stereocenters. The third-order valence-corrected chi connectivity index (χ3v) is 2.72. The summed E-state index contributed by atoms with van der Waals surface area (Å²) in [6.07, 6.45) is 3.23. The maximum absolute atomic E-state index is 9.24. The third-order valence-electron chi connectivity index (χ3n) is 2.72. The lowest BCUT2D eigenvalue weighted by atomic mass is 9.83. The highest BCUT2D eigenvalue weighted by atomic mass is 35.5. The number of ether oxygens (including phenoxy) is 1. The van der Waals surface area contributed by atoms with Gasteiger partial charge in [-0.2, -0.15) is 0 Å². The van der Waals surface area contributed by atoms with E-state index in [2.05, 4.69) is 5.32 Å². The average Bonchev–Trinajstić information content (AvgIpc) is 2.55. The zero-order chi connectivity index (χ0) is 8.86. The first-order valence-electron chi connectivity index (χ1n) is 4.63. The summed E-state index contributed by atoms with van der Waals surface area (Å²) in [6.45, 7) is 3.13. The number of rotatable bonds is 5. The van der Waals surface area contributed by atoms with Gasteiger partial charge in [0.25, 0.3) is 0 Å². The molecular weight excluding hydrogens is 190 g/mol. The molecule has 1 aliphatic heterocycles. The van der Waals surface area contributed by atoms with Crippen LogP contribution in [0.15, 0.2) is 0 Å². The summed E-state index contributed by atoms with van der Waals surface area (Å²) in [6, 6.07) is 0. The molecule has 0 amide bonds. The Labute approximate surface area is 86.3 Å². The van der Waals surface area contributed by atoms with Gasteiger partial charge in [-0.15, -0.1) is 12.4 Å². The molecule has 13 heavy (non-hydrogen) atoms. The Morgan fingerprint density at radius 3 is 2.77 bits per heavy atom. The van der Waals surface area contributed by atoms with E-state index in [0.717, 1.165) is 39.0 Å². The Bertz CT molecular complexity index is 127. The van der Waals surface area contributed by atoms with Crippen LogP contribution in [0.1, 0.15) is 19.3 Å². The minimum atomic E-state index is 0. The largest absolute Gasteiger partial charge is 0.396 e. The molecule has 1 saturated heterocycles. The first-order chi connectivity index (χ1) is 5.83. The van der Waals surface area contributed by atoms with Crippen LogP contribution in [0.4, 0.5) is 0 Å². The quantitative estimate of drug-likeness (QED) is 0.659. The van der Waals surface area contributed by atoms with Crippen LogP contribution in [0.2, 0.25) is 0 Å². The van der Waals surface area contributed by atoms with Gasteiger partial charge in [0.1, 0.15) is 0 Å². The number of nitrogens with one attached hydrogen (secondary N) is 1. The Hall–Kier alpha value is 0.170. The lowest BCUT2D eigenvalue weighted by molar-refractivity contribution is 0.113. The maximum Gasteiger partial charge on any atom is 0.0500 e. The molecule has 80 valence electrons. The van der Waals surface area contributed by atoms with Crippen LogP contribution in [0.3, 0.4) is 0 Å². The monoisotopic (exact) mass is 209 g/mol. The standard InChI is InChI=1S/C9H19NO2.ClH/c1-12-6-2-3-9(8-11)4-5-10-7-9;/h10-11H,2-8H2,1H3;1H/t9-;/m1./s1. The Balaban J connectivity index is 0.00000144. The normalized spacial score (nSPS) is 27.2. The van der Waals surface area contributed by atoms with Gasteiger partial charge in [-0.3, -0.25) is 0 Å². The number of halogens is 1. The van der Waals surface area contributed by atoms with Gasteiger partial charge in [-0.25, -0.2) is 0 Å². The molecule has 0 unspecified atom stereocenters. The first-order valence-corrected chi connectivity index (χ1v) is 4.63. The summed E-state index contributed by atoms with van der Waals surface area (Å²) in [5, 5.41) is 12.5. The molecule has 1 aliphatic rings. The van der Waals surface area contributed by atoms with Crippen LogP contribution >= 0.6 is 12.4 Å². The van der Waals surface area contributed by atoms with E-state index in [1.807, 2.05) is 0 Å². The van der Waals surface area contributed by atoms with Crippen LogP contribution in [0.5, 0.6) is 0 Å². The molecule has 3 nitrogen and oxygen atoms in total. The van der Waals surface area contributed by atoms with Gasteiger partial charge in [0, 0.05) is 32.3 Å². The lowest BCUT2D eigenvalue weighted by Crippen LogP contribution is -2.28. The minimum absolute atomic E-state index is 0. The molecule has 0 saturated carbocycles. The van der Waals surface area contributed by atoms with E-state index in [-0.39, 0.29) is 17.8 Å². The second-order valence-electron chi connectivity index (χ2n) is 3.68. The van der Waals surface area contributed by atoms with E-state index in [9.17, 15) is 5.11 Å². The van der Waals surface area contributed by atoms with E-state index in [4.69, 9.17) is 4.74 Å². The fourth-order valence-corrected chi connectivity index (χ4v) is 1.81. The summed E-state index contributed by atoms with van der Waals surface area (Å²) in [5.74, 6) is 0. The number of aliphatic hydroxyl groups is 1. The van der Waals surface area contributed by atoms with E-state index in [0.29, 0.717) is 6.61 Å². The molecular formula is C9H20ClNO2. The maximum atomic E-state index is 9.24. The molecule has 1 heterocycles. The van der Waals surface area contributed by atoms with E-state index in [1.165, 1.54) is 0 Å². The molecule has 2 N–H and O–H groups in total. The highest BCUT2D eigenvalue weighted by Gasteiger charge is 2.32. The summed E-state index contributed by atoms with van der Waals surface area (Å²) < 4.78 is 4.99. The van der Waals surface area contributed by atoms with Gasteiger partial charge < -0.3 is 15.2 Å². The molecule has 1 rings (SSSR count). The van der Waals surface area contributed by atoms with Crippen LogP contribution in [0.25, 0.3) is 0 Å². The molecule has 0 aromatic heterocycles. The predicted molar refractivity (Wildman–Crippen MR) is 55.4 cm³/mol. The highest BCUT2D eigenvalue weighted by Crippen LogP contribution is 2.29. The number of methoxy groups -OCH3 is 1. The summed E-state index contributed by atoms with van der Waals surface area (Å²) in [4.78, 5) is 0. The van der Waals surface area contributed by atoms with Crippen LogP contribution in [0, 0.1) is 5.41 Å². The SMILES string of the molecule is COCCC[C@@]1(CO)CCNC1.Cl. The Morgan fingerprint density at radius 2 is 2.31 bits per heavy atom. The second-order valence-corrected chi connectivity index (χ2v) is 3.68. The van der Waals surface area contributed by atoms with Crippen molar-refractivity contribution in [2.45, 2.75) is 19.3 Å². The summed E-state index contributed by atoms with van der Waals surface area (Å²) in [5.41, 5.74) is 0.151. The predicted octanol–water partition coefficient (Wildman–Crippen LogP) is 0.807. The number of hydrogen-bond donors (Lipinski definition) is 2. The van der Waals surface area contributed by atoms with Gasteiger partial charge >= 0.3 is 0 Å². The lowest BCUT2D eigenvalue weighted by Gasteiger charge is -2.25. The molecule has 0 radical (unpaired) electrons. The number of hydrogen-bond acceptors (Lipinski definition) is 3. The van der Waals surface area contributed by atoms with Crippen molar-refractivity contribution in [2.24, 2.45) is 5.41 Å². The molecule has 1 fully saturated rings. The van der Waals surface area contributed by atoms with E-state index in [1.54, 1.807) is 7.11 Å². The van der Waals surface area contributed by atoms with Crippen molar-refractivity contribution < 1.29 is 9.84 Å². The van der Waals surface area contributed by atoms with Crippen molar-refractivity contribution in [3.63, 3.8) is 0 Å². The molecule has 0 aromatic rings. The zero-order valence-electron chi connectivity index (χ0n) is 8.21. The van der Waals surface area contributed by atoms with Crippen LogP contribution in [-0.4, -0.2) is 38.5 Å². The van der Waals surface area contributed by atoms with Crippen LogP contribution in [-0.2, 0) is 4.74 Å². The summed E-state index contributed by atoms with van der Waals surface area (Å²) in [7, 11) is 1.72. The van der Waals surface area contributed by atoms with Crippen LogP contribution < -0.4 is 5.32 Å². The first kappa shape index (κ1) is 13.2. The minimum Gasteiger partial charge on any atom is -0.396 e. The molecule has 0 aliphatic carbocycles. The van der Waals surface area contributed by atoms with Gasteiger partial charge in [-0.05, 0) is 25.8 Å². The van der Waals surface area contributed by atoms with Crippen molar-refractivity contribution in [3.05, 3.63) is 0 Å². The van der Waals surface area contributed by atoms with Gasteiger partial charge in [0.15, 0.2) is 0 Å². The molecule has 0 bridgehead atoms. The molecule has 0 spiro atoms. The summed E-state index contributed by atoms with van der Waals surface area (Å²) >= 11 is 0. The number of aliphatic hydroxyl groups excluding tert-OH is 1. The molecule has 0 aromatic carbocycles. The van der Waals surface area contributed by atoms with Crippen molar-refractivity contribution in [1.29, 1.82) is 0 Å². The fourth-order valence-electron chi connectivity index (χ4n) is 1.81. The molecule has 4 heteroatoms.